The van der Waals surface area contributed by atoms with Crippen LogP contribution in [0.15, 0.2) is 78.7 Å². The maximum absolute atomic E-state index is 14.2. The number of ether oxygens (including phenoxy) is 2. The van der Waals surface area contributed by atoms with E-state index < -0.39 is 20.3 Å². The predicted octanol–water partition coefficient (Wildman–Crippen LogP) is 6.16. The zero-order valence-corrected chi connectivity index (χ0v) is 21.8. The van der Waals surface area contributed by atoms with Gasteiger partial charge in [0.1, 0.15) is 11.5 Å². The lowest BCUT2D eigenvalue weighted by Crippen LogP contribution is -2.40. The Labute approximate surface area is 208 Å². The molecule has 0 saturated carbocycles. The fourth-order valence-electron chi connectivity index (χ4n) is 4.28. The second-order valence-electron chi connectivity index (χ2n) is 8.64. The normalized spacial score (nSPS) is 13.4. The van der Waals surface area contributed by atoms with E-state index in [0.29, 0.717) is 25.7 Å². The fourth-order valence-corrected chi connectivity index (χ4v) is 7.67. The molecule has 0 saturated heterocycles. The minimum Gasteiger partial charge on any atom is -0.497 e. The molecule has 0 N–H and O–H groups in total. The van der Waals surface area contributed by atoms with Gasteiger partial charge in [-0.15, -0.1) is 17.9 Å². The summed E-state index contributed by atoms with van der Waals surface area (Å²) in [7, 11) is -0.238. The molecule has 0 aliphatic heterocycles. The van der Waals surface area contributed by atoms with Gasteiger partial charge in [0.2, 0.25) is 0 Å². The summed E-state index contributed by atoms with van der Waals surface area (Å²) in [5, 5.41) is 0.973. The second-order valence-corrected chi connectivity index (χ2v) is 12.1. The zero-order valence-electron chi connectivity index (χ0n) is 20.1. The van der Waals surface area contributed by atoms with Gasteiger partial charge in [0, 0.05) is 4.88 Å². The van der Waals surface area contributed by atoms with Crippen molar-refractivity contribution >= 4 is 21.2 Å². The first-order chi connectivity index (χ1) is 16.4. The summed E-state index contributed by atoms with van der Waals surface area (Å²) < 4.78 is 39.1. The lowest BCUT2D eigenvalue weighted by molar-refractivity contribution is 0.414. The third kappa shape index (κ3) is 6.73. The van der Waals surface area contributed by atoms with E-state index in [9.17, 15) is 8.42 Å². The summed E-state index contributed by atoms with van der Waals surface area (Å²) in [6.45, 7) is 5.88. The quantitative estimate of drug-likeness (QED) is 0.265. The largest absolute Gasteiger partial charge is 0.497 e. The van der Waals surface area contributed by atoms with Crippen molar-refractivity contribution in [3.63, 3.8) is 0 Å². The number of methoxy groups -OCH3 is 2. The number of allylic oxidation sites excluding steroid dienone is 1. The van der Waals surface area contributed by atoms with E-state index in [2.05, 4.69) is 6.58 Å². The van der Waals surface area contributed by atoms with E-state index in [1.54, 1.807) is 25.6 Å². The Kier molecular flexibility index (Phi) is 9.36. The van der Waals surface area contributed by atoms with Crippen LogP contribution < -0.4 is 9.47 Å². The third-order valence-electron chi connectivity index (χ3n) is 6.29. The van der Waals surface area contributed by atoms with Crippen molar-refractivity contribution in [1.29, 1.82) is 0 Å². The first kappa shape index (κ1) is 26.0. The van der Waals surface area contributed by atoms with Crippen LogP contribution in [0.1, 0.15) is 29.3 Å². The van der Waals surface area contributed by atoms with Crippen molar-refractivity contribution in [2.24, 2.45) is 5.92 Å². The summed E-state index contributed by atoms with van der Waals surface area (Å²) in [6.07, 6.45) is 3.90. The Bertz CT molecular complexity index is 1070. The smallest absolute Gasteiger partial charge is 0.157 e. The minimum absolute atomic E-state index is 0.0289. The van der Waals surface area contributed by atoms with Gasteiger partial charge in [0.25, 0.3) is 0 Å². The van der Waals surface area contributed by atoms with Crippen molar-refractivity contribution in [2.75, 3.05) is 14.2 Å². The van der Waals surface area contributed by atoms with E-state index >= 15 is 0 Å². The molecule has 0 radical (unpaired) electrons. The molecule has 182 valence electrons. The maximum atomic E-state index is 14.2. The van der Waals surface area contributed by atoms with Gasteiger partial charge < -0.3 is 9.47 Å². The summed E-state index contributed by atoms with van der Waals surface area (Å²) in [4.78, 5) is 1.09. The Morgan fingerprint density at radius 3 is 1.82 bits per heavy atom. The van der Waals surface area contributed by atoms with E-state index in [1.807, 2.05) is 79.0 Å². The van der Waals surface area contributed by atoms with Crippen molar-refractivity contribution in [3.8, 4) is 11.5 Å². The first-order valence-corrected chi connectivity index (χ1v) is 14.0. The van der Waals surface area contributed by atoms with Crippen LogP contribution in [0.2, 0.25) is 0 Å². The van der Waals surface area contributed by atoms with Crippen molar-refractivity contribution < 1.29 is 17.9 Å². The van der Waals surface area contributed by atoms with Crippen molar-refractivity contribution in [2.45, 2.75) is 43.1 Å². The molecule has 4 nitrogen and oxygen atoms in total. The molecule has 1 heterocycles. The minimum atomic E-state index is -3.49. The average molecular weight is 499 g/mol. The highest BCUT2D eigenvalue weighted by Gasteiger charge is 2.37. The van der Waals surface area contributed by atoms with E-state index in [4.69, 9.17) is 9.47 Å². The molecule has 3 aromatic rings. The monoisotopic (exact) mass is 498 g/mol. The average Bonchev–Trinajstić information content (AvgIpc) is 3.36. The molecule has 0 amide bonds. The lowest BCUT2D eigenvalue weighted by atomic mass is 10.0. The van der Waals surface area contributed by atoms with E-state index in [-0.39, 0.29) is 5.92 Å². The molecule has 0 aliphatic rings. The summed E-state index contributed by atoms with van der Waals surface area (Å²) in [5.41, 5.74) is 1.96. The Hall–Kier alpha value is -2.57. The molecule has 6 heteroatoms. The van der Waals surface area contributed by atoms with E-state index in [1.165, 1.54) is 0 Å². The van der Waals surface area contributed by atoms with Gasteiger partial charge in [0.15, 0.2) is 9.84 Å². The zero-order chi connectivity index (χ0) is 24.6. The lowest BCUT2D eigenvalue weighted by Gasteiger charge is -2.28. The maximum Gasteiger partial charge on any atom is 0.157 e. The van der Waals surface area contributed by atoms with Crippen molar-refractivity contribution in [1.82, 2.24) is 0 Å². The Balaban J connectivity index is 1.97. The first-order valence-electron chi connectivity index (χ1n) is 11.5. The van der Waals surface area contributed by atoms with Crippen LogP contribution in [0, 0.1) is 5.92 Å². The summed E-state index contributed by atoms with van der Waals surface area (Å²) in [6, 6.07) is 19.4. The highest BCUT2D eigenvalue weighted by Crippen LogP contribution is 2.30. The van der Waals surface area contributed by atoms with Crippen LogP contribution in [0.5, 0.6) is 11.5 Å². The molecular weight excluding hydrogens is 464 g/mol. The Morgan fingerprint density at radius 1 is 0.882 bits per heavy atom. The molecule has 34 heavy (non-hydrogen) atoms. The molecule has 1 aromatic heterocycles. The van der Waals surface area contributed by atoms with Gasteiger partial charge in [-0.05, 0) is 78.4 Å². The molecule has 0 spiro atoms. The van der Waals surface area contributed by atoms with Crippen LogP contribution in [0.4, 0.5) is 0 Å². The molecule has 0 bridgehead atoms. The van der Waals surface area contributed by atoms with Gasteiger partial charge in [-0.25, -0.2) is 8.42 Å². The number of hydrogen-bond donors (Lipinski definition) is 0. The van der Waals surface area contributed by atoms with Crippen LogP contribution in [-0.2, 0) is 29.1 Å². The highest BCUT2D eigenvalue weighted by molar-refractivity contribution is 7.92. The van der Waals surface area contributed by atoms with Crippen LogP contribution in [-0.4, -0.2) is 33.1 Å². The van der Waals surface area contributed by atoms with Gasteiger partial charge in [-0.2, -0.15) is 0 Å². The highest BCUT2D eigenvalue weighted by atomic mass is 32.2. The molecule has 0 fully saturated rings. The topological polar surface area (TPSA) is 52.6 Å². The van der Waals surface area contributed by atoms with Crippen LogP contribution >= 0.6 is 11.3 Å². The second kappa shape index (κ2) is 12.2. The third-order valence-corrected chi connectivity index (χ3v) is 9.92. The number of rotatable bonds is 13. The van der Waals surface area contributed by atoms with Gasteiger partial charge in [0.05, 0.1) is 24.7 Å². The molecule has 2 aromatic carbocycles. The van der Waals surface area contributed by atoms with Crippen LogP contribution in [0.25, 0.3) is 0 Å². The number of thiophene rings is 1. The van der Waals surface area contributed by atoms with E-state index in [0.717, 1.165) is 27.5 Å². The summed E-state index contributed by atoms with van der Waals surface area (Å²) in [5.74, 6) is 1.49. The molecule has 0 aliphatic carbocycles. The number of hydrogen-bond acceptors (Lipinski definition) is 5. The van der Waals surface area contributed by atoms with Gasteiger partial charge in [-0.1, -0.05) is 43.3 Å². The number of sulfone groups is 1. The van der Waals surface area contributed by atoms with Crippen LogP contribution in [0.3, 0.4) is 0 Å². The summed E-state index contributed by atoms with van der Waals surface area (Å²) >= 11 is 1.61. The van der Waals surface area contributed by atoms with Gasteiger partial charge in [-0.3, -0.25) is 0 Å². The molecular formula is C28H34O4S2. The van der Waals surface area contributed by atoms with Gasteiger partial charge >= 0.3 is 0 Å². The fraction of sp³-hybridized carbons (Fsp3) is 0.357. The number of benzene rings is 2. The molecule has 2 atom stereocenters. The standard InChI is InChI=1S/C28H34O4S2/c1-5-7-21(2)28(20-26-8-6-17-33-26)34(29,30)27(18-22-9-13-24(31-3)14-10-22)19-23-11-15-25(32-4)16-12-23/h5-6,8-17,21,27-28H,1,7,18-20H2,2-4H3/t21-,28+/m0/s1. The Morgan fingerprint density at radius 2 is 1.41 bits per heavy atom. The molecule has 0 unspecified atom stereocenters. The SMILES string of the molecule is C=CC[C@H](C)[C@@H](Cc1cccs1)S(=O)(=O)C(Cc1ccc(OC)cc1)Cc1ccc(OC)cc1. The predicted molar refractivity (Wildman–Crippen MR) is 142 cm³/mol. The van der Waals surface area contributed by atoms with Crippen molar-refractivity contribution in [3.05, 3.63) is 94.7 Å². The molecule has 3 rings (SSSR count).